The van der Waals surface area contributed by atoms with Crippen LogP contribution in [-0.4, -0.2) is 100 Å². The molecule has 7 aliphatic rings. The smallest absolute Gasteiger partial charge is 0.272 e. The number of unbranched alkanes of at least 4 members (excludes halogenated alkanes) is 1. The summed E-state index contributed by atoms with van der Waals surface area (Å²) in [6.07, 6.45) is 13.8. The molecule has 5 aliphatic heterocycles. The Bertz CT molecular complexity index is 2240. The number of anilines is 1. The normalized spacial score (nSPS) is 33.3. The number of aliphatic imine (C=N–C) groups is 1. The van der Waals surface area contributed by atoms with E-state index in [2.05, 4.69) is 111 Å². The Hall–Kier alpha value is -4.10. The number of thioether (sulfide) groups is 1. The summed E-state index contributed by atoms with van der Waals surface area (Å²) in [6.45, 7) is 16.9. The van der Waals surface area contributed by atoms with Crippen molar-refractivity contribution in [3.63, 3.8) is 0 Å². The number of nitrogens with one attached hydrogen (secondary N) is 4. The molecule has 4 N–H and O–H groups in total. The summed E-state index contributed by atoms with van der Waals surface area (Å²) in [5.74, 6) is 3.09. The molecule has 8 atom stereocenters. The lowest BCUT2D eigenvalue weighted by atomic mass is 9.57. The molecule has 368 valence electrons. The maximum atomic E-state index is 13.3. The number of benzene rings is 2. The van der Waals surface area contributed by atoms with Gasteiger partial charge in [-0.25, -0.2) is 10.9 Å². The zero-order valence-electron chi connectivity index (χ0n) is 41.4. The number of fused-ring (bicyclic) bond motifs is 3. The number of nitriles is 1. The maximum Gasteiger partial charge on any atom is 0.272 e. The Morgan fingerprint density at radius 1 is 1.04 bits per heavy atom. The lowest BCUT2D eigenvalue weighted by Gasteiger charge is -2.53. The summed E-state index contributed by atoms with van der Waals surface area (Å²) in [6, 6.07) is 21.6. The molecule has 7 unspecified atom stereocenters. The Morgan fingerprint density at radius 2 is 1.85 bits per heavy atom. The highest BCUT2D eigenvalue weighted by molar-refractivity contribution is 8.00. The molecule has 6 fully saturated rings. The minimum absolute atomic E-state index is 0. The standard InChI is InChI=1S/C52H70N10O3S.C2H6.H2/c1-5-6-8-38-26-42(16-13-39(38)30-53)65-41-17-14-40(15-18-41)55-50(63)43-19-20-45(59-58-43)61-23-7-21-52(31-61)28-36(29-52)25-35-9-11-37(12-10-35)48-47-32(2)33(3)66-51(47)62-34(4)57-60-49(62)44(56-48)27-46-54-22-24-64-46;1-2;/h9-13,16,19-20,26,32-34,36,40-41,44,46-47,49,51,54,57,60H,5-8,14-15,17-18,21-25,27-29,31H2,1-4H3,(H,55,63);1-2H3;1H/t32?,33?,34?,36?,40?,41?,44-,46?,47?,49?,51?,52?;;/m0../s1. The van der Waals surface area contributed by atoms with E-state index in [-0.39, 0.29) is 44.1 Å². The van der Waals surface area contributed by atoms with Crippen LogP contribution in [0.1, 0.15) is 146 Å². The van der Waals surface area contributed by atoms with Crippen LogP contribution in [0.3, 0.4) is 0 Å². The van der Waals surface area contributed by atoms with Gasteiger partial charge in [0.15, 0.2) is 11.5 Å². The van der Waals surface area contributed by atoms with Crippen LogP contribution in [0.4, 0.5) is 5.82 Å². The van der Waals surface area contributed by atoms with Crippen molar-refractivity contribution in [3.8, 4) is 11.8 Å². The Labute approximate surface area is 411 Å². The van der Waals surface area contributed by atoms with E-state index in [1.807, 2.05) is 44.2 Å². The van der Waals surface area contributed by atoms with Crippen molar-refractivity contribution in [3.05, 3.63) is 82.5 Å². The van der Waals surface area contributed by atoms with Crippen molar-refractivity contribution in [2.75, 3.05) is 31.1 Å². The number of carbonyl (C=O) groups excluding carboxylic acids is 1. The predicted octanol–water partition coefficient (Wildman–Crippen LogP) is 8.63. The Balaban J connectivity index is 0.00000211. The Kier molecular flexibility index (Phi) is 15.8. The molecular weight excluding hydrogens is 869 g/mol. The number of rotatable bonds is 13. The van der Waals surface area contributed by atoms with Crippen LogP contribution in [0.5, 0.6) is 5.75 Å². The summed E-state index contributed by atoms with van der Waals surface area (Å²) in [5.41, 5.74) is 13.6. The summed E-state index contributed by atoms with van der Waals surface area (Å²) in [4.78, 5) is 24.0. The van der Waals surface area contributed by atoms with E-state index in [0.29, 0.717) is 39.5 Å². The molecule has 6 heterocycles. The van der Waals surface area contributed by atoms with E-state index in [1.54, 1.807) is 0 Å². The molecule has 68 heavy (non-hydrogen) atoms. The fourth-order valence-corrected chi connectivity index (χ4v) is 14.3. The van der Waals surface area contributed by atoms with Crippen LogP contribution in [-0.2, 0) is 17.6 Å². The molecule has 2 aromatic carbocycles. The molecule has 1 amide bonds. The van der Waals surface area contributed by atoms with Crippen molar-refractivity contribution in [1.82, 2.24) is 36.6 Å². The van der Waals surface area contributed by atoms with Gasteiger partial charge in [-0.15, -0.1) is 22.0 Å². The largest absolute Gasteiger partial charge is 0.490 e. The van der Waals surface area contributed by atoms with Crippen molar-refractivity contribution in [1.29, 1.82) is 5.26 Å². The SMILES string of the molecule is CC.CCCCc1cc(OC2CCC(NC(=O)c3ccc(N4CCCC5(CC(Cc6ccc(C7=N[C@@H](CC8NCCO8)C8NNC(C)N8C8SC(C)C(C)C78)cc6)C5)C4)nn3)CC2)ccc1C#N.[HH]. The topological polar surface area (TPSA) is 152 Å². The summed E-state index contributed by atoms with van der Waals surface area (Å²) < 4.78 is 12.4. The van der Waals surface area contributed by atoms with Crippen molar-refractivity contribution in [2.45, 2.75) is 172 Å². The first-order valence-corrected chi connectivity index (χ1v) is 27.2. The van der Waals surface area contributed by atoms with Crippen LogP contribution >= 0.6 is 11.8 Å². The van der Waals surface area contributed by atoms with Gasteiger partial charge in [-0.05, 0) is 142 Å². The third kappa shape index (κ3) is 10.6. The molecule has 14 heteroatoms. The van der Waals surface area contributed by atoms with Gasteiger partial charge < -0.3 is 19.7 Å². The maximum absolute atomic E-state index is 13.3. The number of hydrazine groups is 1. The number of aromatic nitrogens is 2. The van der Waals surface area contributed by atoms with Crippen LogP contribution in [0.15, 0.2) is 59.6 Å². The van der Waals surface area contributed by atoms with Crippen LogP contribution in [0, 0.1) is 34.5 Å². The van der Waals surface area contributed by atoms with Gasteiger partial charge in [0.2, 0.25) is 0 Å². The second-order valence-electron chi connectivity index (χ2n) is 20.7. The third-order valence-electron chi connectivity index (χ3n) is 16.1. The molecule has 3 aromatic rings. The second-order valence-corrected chi connectivity index (χ2v) is 22.2. The van der Waals surface area contributed by atoms with E-state index in [0.717, 1.165) is 113 Å². The first kappa shape index (κ1) is 48.9. The van der Waals surface area contributed by atoms with Gasteiger partial charge >= 0.3 is 0 Å². The first-order chi connectivity index (χ1) is 33.2. The molecule has 2 aliphatic carbocycles. The van der Waals surface area contributed by atoms with Gasteiger partial charge in [-0.1, -0.05) is 65.3 Å². The molecule has 10 rings (SSSR count). The van der Waals surface area contributed by atoms with Gasteiger partial charge in [-0.3, -0.25) is 20.0 Å². The van der Waals surface area contributed by atoms with E-state index in [9.17, 15) is 10.1 Å². The molecule has 4 saturated heterocycles. The number of aryl methyl sites for hydroxylation is 1. The summed E-state index contributed by atoms with van der Waals surface area (Å²) >= 11 is 2.12. The fourth-order valence-electron chi connectivity index (χ4n) is 12.4. The van der Waals surface area contributed by atoms with E-state index in [1.165, 1.54) is 36.1 Å². The fraction of sp³-hybridized carbons (Fsp3) is 0.648. The van der Waals surface area contributed by atoms with Crippen molar-refractivity contribution < 1.29 is 15.7 Å². The number of piperidine rings is 1. The third-order valence-corrected chi connectivity index (χ3v) is 17.8. The number of amides is 1. The molecule has 13 nitrogen and oxygen atoms in total. The molecule has 0 bridgehead atoms. The molecular formula is C54H78N10O3S. The minimum atomic E-state index is -0.162. The molecule has 1 spiro atoms. The number of carbonyl (C=O) groups is 1. The van der Waals surface area contributed by atoms with Gasteiger partial charge in [-0.2, -0.15) is 5.26 Å². The van der Waals surface area contributed by atoms with Gasteiger partial charge in [0.1, 0.15) is 12.0 Å². The monoisotopic (exact) mass is 947 g/mol. The lowest BCUT2D eigenvalue weighted by molar-refractivity contribution is 0.0383. The Morgan fingerprint density at radius 3 is 2.57 bits per heavy atom. The van der Waals surface area contributed by atoms with E-state index < -0.39 is 0 Å². The highest BCUT2D eigenvalue weighted by atomic mass is 32.2. The summed E-state index contributed by atoms with van der Waals surface area (Å²) in [5, 5.41) is 26.2. The number of hydrogen-bond donors (Lipinski definition) is 4. The predicted molar refractivity (Wildman–Crippen MR) is 274 cm³/mol. The molecule has 2 saturated carbocycles. The van der Waals surface area contributed by atoms with Crippen molar-refractivity contribution in [2.24, 2.45) is 28.2 Å². The first-order valence-electron chi connectivity index (χ1n) is 26.2. The van der Waals surface area contributed by atoms with E-state index >= 15 is 0 Å². The average molecular weight is 947 g/mol. The molecule has 0 radical (unpaired) electrons. The second kappa shape index (κ2) is 21.9. The van der Waals surface area contributed by atoms with Crippen molar-refractivity contribution >= 4 is 29.2 Å². The van der Waals surface area contributed by atoms with E-state index in [4.69, 9.17) is 14.5 Å². The minimum Gasteiger partial charge on any atom is -0.490 e. The number of nitrogens with zero attached hydrogens (tertiary/aromatic N) is 6. The van der Waals surface area contributed by atoms with Gasteiger partial charge in [0, 0.05) is 50.4 Å². The van der Waals surface area contributed by atoms with Gasteiger partial charge in [0.25, 0.3) is 5.91 Å². The highest BCUT2D eigenvalue weighted by Gasteiger charge is 2.53. The lowest BCUT2D eigenvalue weighted by Crippen LogP contribution is -2.51. The number of ether oxygens (including phenoxy) is 2. The van der Waals surface area contributed by atoms with Crippen LogP contribution in [0.2, 0.25) is 0 Å². The highest BCUT2D eigenvalue weighted by Crippen LogP contribution is 2.53. The van der Waals surface area contributed by atoms with Crippen LogP contribution < -0.4 is 31.1 Å². The van der Waals surface area contributed by atoms with Crippen LogP contribution in [0.25, 0.3) is 0 Å². The zero-order chi connectivity index (χ0) is 47.4. The zero-order valence-corrected chi connectivity index (χ0v) is 42.2. The number of hydrogen-bond acceptors (Lipinski definition) is 13. The summed E-state index contributed by atoms with van der Waals surface area (Å²) in [7, 11) is 0. The average Bonchev–Trinajstić information content (AvgIpc) is 4.07. The van der Waals surface area contributed by atoms with Gasteiger partial charge in [0.05, 0.1) is 48.1 Å². The quantitative estimate of drug-likeness (QED) is 0.130. The molecule has 1 aromatic heterocycles.